The maximum atomic E-state index is 12.5. The van der Waals surface area contributed by atoms with Crippen molar-refractivity contribution in [3.63, 3.8) is 0 Å². The lowest BCUT2D eigenvalue weighted by Gasteiger charge is -2.39. The average molecular weight is 335 g/mol. The number of ether oxygens (including phenoxy) is 1. The molecule has 0 aromatic rings. The van der Waals surface area contributed by atoms with E-state index in [1.54, 1.807) is 0 Å². The summed E-state index contributed by atoms with van der Waals surface area (Å²) in [4.78, 5) is 37.4. The molecule has 3 rings (SSSR count). The second-order valence-corrected chi connectivity index (χ2v) is 8.31. The predicted octanol–water partition coefficient (Wildman–Crippen LogP) is 0.865. The predicted molar refractivity (Wildman–Crippen MR) is 86.2 cm³/mol. The molecule has 1 aliphatic carbocycles. The van der Waals surface area contributed by atoms with E-state index in [-0.39, 0.29) is 47.4 Å². The van der Waals surface area contributed by atoms with Gasteiger partial charge in [0.15, 0.2) is 6.61 Å². The van der Waals surface area contributed by atoms with Crippen LogP contribution >= 0.6 is 0 Å². The minimum Gasteiger partial charge on any atom is -0.451 e. The molecule has 0 spiro atoms. The Kier molecular flexibility index (Phi) is 4.05. The normalized spacial score (nSPS) is 31.0. The third-order valence-electron chi connectivity index (χ3n) is 5.11. The number of carbonyl (C=O) groups is 3. The van der Waals surface area contributed by atoms with E-state index in [2.05, 4.69) is 31.6 Å². The lowest BCUT2D eigenvalue weighted by atomic mass is 9.65. The highest BCUT2D eigenvalue weighted by Crippen LogP contribution is 2.52. The zero-order valence-corrected chi connectivity index (χ0v) is 14.5. The van der Waals surface area contributed by atoms with Crippen LogP contribution in [0.1, 0.15) is 46.5 Å². The van der Waals surface area contributed by atoms with Crippen LogP contribution in [0.15, 0.2) is 11.8 Å². The zero-order chi connectivity index (χ0) is 17.5. The fourth-order valence-corrected chi connectivity index (χ4v) is 4.61. The van der Waals surface area contributed by atoms with Gasteiger partial charge < -0.3 is 9.64 Å². The van der Waals surface area contributed by atoms with Gasteiger partial charge in [-0.2, -0.15) is 0 Å². The summed E-state index contributed by atoms with van der Waals surface area (Å²) in [6, 6.07) is 0.233. The molecule has 2 aliphatic heterocycles. The van der Waals surface area contributed by atoms with Crippen LogP contribution in [0.3, 0.4) is 0 Å². The Morgan fingerprint density at radius 2 is 2.04 bits per heavy atom. The van der Waals surface area contributed by atoms with Crippen LogP contribution in [0.5, 0.6) is 0 Å². The quantitative estimate of drug-likeness (QED) is 0.747. The second-order valence-electron chi connectivity index (χ2n) is 8.31. The van der Waals surface area contributed by atoms with Crippen molar-refractivity contribution in [2.45, 2.75) is 52.5 Å². The molecule has 0 unspecified atom stereocenters. The van der Waals surface area contributed by atoms with Crippen LogP contribution < -0.4 is 10.9 Å². The number of hydrazine groups is 1. The minimum absolute atomic E-state index is 0.118. The van der Waals surface area contributed by atoms with Gasteiger partial charge in [-0.3, -0.25) is 20.4 Å². The van der Waals surface area contributed by atoms with Gasteiger partial charge in [-0.05, 0) is 36.2 Å². The van der Waals surface area contributed by atoms with Gasteiger partial charge in [0.2, 0.25) is 5.91 Å². The average Bonchev–Trinajstić information content (AvgIpc) is 2.74. The third kappa shape index (κ3) is 3.39. The molecule has 2 amide bonds. The van der Waals surface area contributed by atoms with Gasteiger partial charge in [-0.1, -0.05) is 20.8 Å². The van der Waals surface area contributed by atoms with Gasteiger partial charge in [-0.15, -0.1) is 0 Å². The molecule has 24 heavy (non-hydrogen) atoms. The largest absolute Gasteiger partial charge is 0.451 e. The number of nitrogens with zero attached hydrogens (tertiary/aromatic N) is 1. The first-order chi connectivity index (χ1) is 11.2. The molecule has 3 aliphatic rings. The van der Waals surface area contributed by atoms with Crippen LogP contribution in [0, 0.1) is 10.8 Å². The van der Waals surface area contributed by atoms with E-state index >= 15 is 0 Å². The molecule has 2 N–H and O–H groups in total. The molecule has 2 atom stereocenters. The van der Waals surface area contributed by atoms with E-state index < -0.39 is 5.97 Å². The molecular formula is C17H25N3O4. The van der Waals surface area contributed by atoms with E-state index in [0.29, 0.717) is 0 Å². The Morgan fingerprint density at radius 1 is 1.29 bits per heavy atom. The van der Waals surface area contributed by atoms with Crippen molar-refractivity contribution in [3.8, 4) is 0 Å². The smallest absolute Gasteiger partial charge is 0.356 e. The van der Waals surface area contributed by atoms with Crippen molar-refractivity contribution in [2.75, 3.05) is 13.2 Å². The first kappa shape index (κ1) is 16.8. The number of rotatable bonds is 3. The maximum absolute atomic E-state index is 12.5. The Hall–Kier alpha value is -2.05. The standard InChI is InChI=1S/C17H25N3O4/c1-16(2)6-11-7-17(3,9-16)10-20(11)14(22)8-24-15(23)12-4-5-13(21)19-18-12/h4,11,18H,5-10H2,1-3H3,(H,19,21)/t11-,17-/m1/s1. The van der Waals surface area contributed by atoms with Crippen molar-refractivity contribution < 1.29 is 19.1 Å². The molecule has 0 aromatic heterocycles. The van der Waals surface area contributed by atoms with E-state index in [1.165, 1.54) is 6.08 Å². The summed E-state index contributed by atoms with van der Waals surface area (Å²) in [5.41, 5.74) is 5.38. The first-order valence-electron chi connectivity index (χ1n) is 8.39. The number of amides is 2. The van der Waals surface area contributed by atoms with Crippen LogP contribution in [0.4, 0.5) is 0 Å². The number of likely N-dealkylation sites (tertiary alicyclic amines) is 1. The number of nitrogens with one attached hydrogen (secondary N) is 2. The molecule has 7 nitrogen and oxygen atoms in total. The van der Waals surface area contributed by atoms with E-state index in [1.807, 2.05) is 4.90 Å². The molecular weight excluding hydrogens is 310 g/mol. The molecule has 2 fully saturated rings. The third-order valence-corrected chi connectivity index (χ3v) is 5.11. The lowest BCUT2D eigenvalue weighted by Crippen LogP contribution is -2.43. The topological polar surface area (TPSA) is 87.7 Å². The van der Waals surface area contributed by atoms with Crippen molar-refractivity contribution >= 4 is 17.8 Å². The van der Waals surface area contributed by atoms with Crippen molar-refractivity contribution in [1.29, 1.82) is 0 Å². The van der Waals surface area contributed by atoms with Crippen molar-refractivity contribution in [3.05, 3.63) is 11.8 Å². The summed E-state index contributed by atoms with van der Waals surface area (Å²) in [5, 5.41) is 0. The van der Waals surface area contributed by atoms with Gasteiger partial charge in [0.1, 0.15) is 5.70 Å². The fraction of sp³-hybridized carbons (Fsp3) is 0.706. The minimum atomic E-state index is -0.628. The van der Waals surface area contributed by atoms with Gasteiger partial charge in [-0.25, -0.2) is 4.79 Å². The highest BCUT2D eigenvalue weighted by molar-refractivity contribution is 5.92. The number of hydrogen-bond donors (Lipinski definition) is 2. The Labute approximate surface area is 141 Å². The van der Waals surface area contributed by atoms with E-state index in [9.17, 15) is 14.4 Å². The van der Waals surface area contributed by atoms with Crippen molar-refractivity contribution in [2.24, 2.45) is 10.8 Å². The lowest BCUT2D eigenvalue weighted by molar-refractivity contribution is -0.150. The maximum Gasteiger partial charge on any atom is 0.356 e. The van der Waals surface area contributed by atoms with Crippen LogP contribution in [-0.4, -0.2) is 41.9 Å². The van der Waals surface area contributed by atoms with Crippen molar-refractivity contribution in [1.82, 2.24) is 15.8 Å². The molecule has 7 heteroatoms. The van der Waals surface area contributed by atoms with E-state index in [0.717, 1.165) is 25.8 Å². The summed E-state index contributed by atoms with van der Waals surface area (Å²) < 4.78 is 5.11. The van der Waals surface area contributed by atoms with Gasteiger partial charge in [0.25, 0.3) is 5.91 Å². The monoisotopic (exact) mass is 335 g/mol. The zero-order valence-electron chi connectivity index (χ0n) is 14.5. The molecule has 1 saturated heterocycles. The summed E-state index contributed by atoms with van der Waals surface area (Å²) in [6.07, 6.45) is 4.69. The highest BCUT2D eigenvalue weighted by Gasteiger charge is 2.50. The number of fused-ring (bicyclic) bond motifs is 2. The summed E-state index contributed by atoms with van der Waals surface area (Å²) in [7, 11) is 0. The van der Waals surface area contributed by atoms with Gasteiger partial charge in [0.05, 0.1) is 0 Å². The molecule has 2 heterocycles. The second kappa shape index (κ2) is 5.79. The summed E-state index contributed by atoms with van der Waals surface area (Å²) >= 11 is 0. The van der Waals surface area contributed by atoms with E-state index in [4.69, 9.17) is 4.74 Å². The fourth-order valence-electron chi connectivity index (χ4n) is 4.61. The highest BCUT2D eigenvalue weighted by atomic mass is 16.5. The molecule has 0 radical (unpaired) electrons. The number of carbonyl (C=O) groups excluding carboxylic acids is 3. The molecule has 2 bridgehead atoms. The number of esters is 1. The molecule has 0 aromatic carbocycles. The van der Waals surface area contributed by atoms with Gasteiger partial charge >= 0.3 is 5.97 Å². The van der Waals surface area contributed by atoms with Crippen LogP contribution in [0.25, 0.3) is 0 Å². The molecule has 132 valence electrons. The van der Waals surface area contributed by atoms with Gasteiger partial charge in [0, 0.05) is 19.0 Å². The Balaban J connectivity index is 1.56. The Bertz CT molecular complexity index is 613. The van der Waals surface area contributed by atoms with Crippen LogP contribution in [0.2, 0.25) is 0 Å². The Morgan fingerprint density at radius 3 is 2.71 bits per heavy atom. The molecule has 1 saturated carbocycles. The summed E-state index contributed by atoms with van der Waals surface area (Å²) in [5.74, 6) is -0.991. The van der Waals surface area contributed by atoms with Crippen LogP contribution in [-0.2, 0) is 19.1 Å². The summed E-state index contributed by atoms with van der Waals surface area (Å²) in [6.45, 7) is 7.20. The first-order valence-corrected chi connectivity index (χ1v) is 8.39. The SMILES string of the molecule is CC1(C)C[C@@H]2C[C@@](C)(CN2C(=O)COC(=O)C2=CCC(=O)NN2)C1. The number of hydrogen-bond acceptors (Lipinski definition) is 5.